The largest absolute Gasteiger partial charge is 0.481 e. The van der Waals surface area contributed by atoms with E-state index in [2.05, 4.69) is 0 Å². The highest BCUT2D eigenvalue weighted by molar-refractivity contribution is 5.89. The number of hydrogen-bond donors (Lipinski definition) is 9. The summed E-state index contributed by atoms with van der Waals surface area (Å²) in [5.74, 6) is -5.19. The summed E-state index contributed by atoms with van der Waals surface area (Å²) in [5, 5.41) is 88.8. The Kier molecular flexibility index (Phi) is 8.90. The number of carboxylic acid groups (broad SMARTS) is 1. The Balaban J connectivity index is 1.52. The summed E-state index contributed by atoms with van der Waals surface area (Å²) in [7, 11) is 0. The molecule has 3 heterocycles. The topological polar surface area (TPSA) is 262 Å². The summed E-state index contributed by atoms with van der Waals surface area (Å²) in [6, 6.07) is 0. The standard InChI is InChI=1S/C22H32O16/c23-3-9-12(25)14(27)16(29)21(35-9)37-19(33)8-5-34-20(11-6(8)1-2-7(11)18(31)32)38-22-17(30)15(28)13(26)10(4-24)36-22/h5-7,9-17,20-30H,1-4H2,(H,31,32)/t6-,7+,9-,10-,11+,12-,13-,14+,15+,16-,17-,20+,21+,22+/m1/s1. The molecule has 9 N–H and O–H groups in total. The van der Waals surface area contributed by atoms with Crippen LogP contribution in [0.5, 0.6) is 0 Å². The molecule has 16 nitrogen and oxygen atoms in total. The highest BCUT2D eigenvalue weighted by atomic mass is 16.8. The third-order valence-electron chi connectivity index (χ3n) is 7.50. The fraction of sp³-hybridized carbons (Fsp3) is 0.818. The van der Waals surface area contributed by atoms with Crippen LogP contribution in [0.4, 0.5) is 0 Å². The second kappa shape index (κ2) is 11.6. The van der Waals surface area contributed by atoms with Gasteiger partial charge in [0.2, 0.25) is 12.6 Å². The van der Waals surface area contributed by atoms with Crippen molar-refractivity contribution in [1.82, 2.24) is 0 Å². The van der Waals surface area contributed by atoms with Gasteiger partial charge in [0.25, 0.3) is 0 Å². The lowest BCUT2D eigenvalue weighted by atomic mass is 9.82. The van der Waals surface area contributed by atoms with Crippen molar-refractivity contribution in [1.29, 1.82) is 0 Å². The number of ether oxygens (including phenoxy) is 5. The van der Waals surface area contributed by atoms with Crippen LogP contribution in [-0.2, 0) is 33.3 Å². The molecule has 0 bridgehead atoms. The van der Waals surface area contributed by atoms with Crippen LogP contribution in [0.25, 0.3) is 0 Å². The zero-order valence-corrected chi connectivity index (χ0v) is 19.9. The first kappa shape index (κ1) is 29.0. The van der Waals surface area contributed by atoms with Crippen LogP contribution in [-0.4, -0.2) is 139 Å². The molecule has 3 fully saturated rings. The second-order valence-electron chi connectivity index (χ2n) is 9.72. The highest BCUT2D eigenvalue weighted by Gasteiger charge is 2.54. The number of aliphatic hydroxyl groups is 8. The van der Waals surface area contributed by atoms with Crippen molar-refractivity contribution in [3.05, 3.63) is 11.8 Å². The summed E-state index contributed by atoms with van der Waals surface area (Å²) >= 11 is 0. The van der Waals surface area contributed by atoms with E-state index in [0.29, 0.717) is 0 Å². The lowest BCUT2D eigenvalue weighted by Crippen LogP contribution is -2.60. The minimum absolute atomic E-state index is 0.104. The predicted molar refractivity (Wildman–Crippen MR) is 115 cm³/mol. The lowest BCUT2D eigenvalue weighted by molar-refractivity contribution is -0.342. The molecule has 38 heavy (non-hydrogen) atoms. The van der Waals surface area contributed by atoms with Gasteiger partial charge in [-0.2, -0.15) is 0 Å². The van der Waals surface area contributed by atoms with Gasteiger partial charge in [0.1, 0.15) is 48.8 Å². The molecule has 1 aliphatic carbocycles. The van der Waals surface area contributed by atoms with E-state index in [1.165, 1.54) is 0 Å². The van der Waals surface area contributed by atoms with Gasteiger partial charge in [-0.05, 0) is 12.8 Å². The molecular weight excluding hydrogens is 520 g/mol. The van der Waals surface area contributed by atoms with E-state index in [1.54, 1.807) is 0 Å². The van der Waals surface area contributed by atoms with Gasteiger partial charge in [0.15, 0.2) is 6.29 Å². The number of carbonyl (C=O) groups is 2. The molecule has 3 aliphatic heterocycles. The van der Waals surface area contributed by atoms with E-state index < -0.39 is 111 Å². The summed E-state index contributed by atoms with van der Waals surface area (Å²) in [5.41, 5.74) is -0.135. The predicted octanol–water partition coefficient (Wildman–Crippen LogP) is -4.89. The molecule has 14 atom stereocenters. The average Bonchev–Trinajstić information content (AvgIpc) is 3.35. The van der Waals surface area contributed by atoms with Crippen LogP contribution in [0.15, 0.2) is 11.8 Å². The van der Waals surface area contributed by atoms with Crippen LogP contribution >= 0.6 is 0 Å². The molecule has 0 aromatic carbocycles. The van der Waals surface area contributed by atoms with Gasteiger partial charge < -0.3 is 69.6 Å². The Morgan fingerprint density at radius 2 is 1.34 bits per heavy atom. The Morgan fingerprint density at radius 3 is 1.89 bits per heavy atom. The van der Waals surface area contributed by atoms with E-state index in [0.717, 1.165) is 6.26 Å². The Labute approximate surface area is 215 Å². The maximum Gasteiger partial charge on any atom is 0.339 e. The van der Waals surface area contributed by atoms with Crippen molar-refractivity contribution >= 4 is 11.9 Å². The van der Waals surface area contributed by atoms with Gasteiger partial charge in [-0.15, -0.1) is 0 Å². The van der Waals surface area contributed by atoms with Gasteiger partial charge in [0.05, 0.1) is 31.0 Å². The van der Waals surface area contributed by atoms with Crippen LogP contribution < -0.4 is 0 Å². The minimum Gasteiger partial charge on any atom is -0.481 e. The zero-order chi connectivity index (χ0) is 27.9. The van der Waals surface area contributed by atoms with Crippen molar-refractivity contribution in [2.75, 3.05) is 13.2 Å². The Hall–Kier alpha value is -1.96. The monoisotopic (exact) mass is 552 g/mol. The van der Waals surface area contributed by atoms with E-state index in [9.17, 15) is 55.5 Å². The molecule has 0 unspecified atom stereocenters. The molecule has 4 rings (SSSR count). The van der Waals surface area contributed by atoms with Crippen LogP contribution in [0.3, 0.4) is 0 Å². The molecule has 216 valence electrons. The number of aliphatic hydroxyl groups excluding tert-OH is 8. The van der Waals surface area contributed by atoms with Crippen molar-refractivity contribution < 1.29 is 79.2 Å². The highest BCUT2D eigenvalue weighted by Crippen LogP contribution is 2.48. The Bertz CT molecular complexity index is 893. The first-order valence-corrected chi connectivity index (χ1v) is 12.1. The van der Waals surface area contributed by atoms with Crippen molar-refractivity contribution in [3.63, 3.8) is 0 Å². The van der Waals surface area contributed by atoms with Gasteiger partial charge in [-0.1, -0.05) is 0 Å². The van der Waals surface area contributed by atoms with E-state index in [-0.39, 0.29) is 18.4 Å². The maximum absolute atomic E-state index is 13.0. The maximum atomic E-state index is 13.0. The third kappa shape index (κ3) is 5.26. The molecule has 0 radical (unpaired) electrons. The first-order valence-electron chi connectivity index (χ1n) is 12.1. The first-order chi connectivity index (χ1) is 18.0. The molecule has 0 aromatic rings. The molecule has 16 heteroatoms. The average molecular weight is 552 g/mol. The van der Waals surface area contributed by atoms with Gasteiger partial charge in [0, 0.05) is 11.8 Å². The van der Waals surface area contributed by atoms with Gasteiger partial charge in [-0.25, -0.2) is 4.79 Å². The zero-order valence-electron chi connectivity index (χ0n) is 19.9. The van der Waals surface area contributed by atoms with Crippen molar-refractivity contribution in [2.45, 2.75) is 80.5 Å². The summed E-state index contributed by atoms with van der Waals surface area (Å²) in [6.45, 7) is -1.46. The second-order valence-corrected chi connectivity index (χ2v) is 9.72. The number of fused-ring (bicyclic) bond motifs is 1. The molecule has 0 amide bonds. The van der Waals surface area contributed by atoms with E-state index in [4.69, 9.17) is 23.7 Å². The van der Waals surface area contributed by atoms with E-state index in [1.807, 2.05) is 0 Å². The van der Waals surface area contributed by atoms with Crippen LogP contribution in [0.2, 0.25) is 0 Å². The summed E-state index contributed by atoms with van der Waals surface area (Å²) in [4.78, 5) is 25.0. The Morgan fingerprint density at radius 1 is 0.789 bits per heavy atom. The number of aliphatic carboxylic acids is 1. The molecular formula is C22H32O16. The smallest absolute Gasteiger partial charge is 0.339 e. The number of carboxylic acids is 1. The SMILES string of the molecule is O=C(O[C@@H]1O[C@H](CO)[C@@H](O)[C@H](O)[C@H]1O)C1=CO[C@@H](O[C@@H]2O[C@H](CO)[C@@H](O)[C@H](O)[C@H]2O)[C@@H]2[C@@H](C(=O)O)CC[C@H]12. The molecule has 1 saturated carbocycles. The van der Waals surface area contributed by atoms with Crippen molar-refractivity contribution in [2.24, 2.45) is 17.8 Å². The molecule has 0 spiro atoms. The summed E-state index contributed by atoms with van der Waals surface area (Å²) < 4.78 is 26.8. The number of hydrogen-bond acceptors (Lipinski definition) is 15. The van der Waals surface area contributed by atoms with Crippen LogP contribution in [0, 0.1) is 17.8 Å². The molecule has 2 saturated heterocycles. The number of esters is 1. The van der Waals surface area contributed by atoms with Gasteiger partial charge in [-0.3, -0.25) is 4.79 Å². The minimum atomic E-state index is -1.85. The number of rotatable bonds is 7. The van der Waals surface area contributed by atoms with Crippen molar-refractivity contribution in [3.8, 4) is 0 Å². The molecule has 4 aliphatic rings. The van der Waals surface area contributed by atoms with Gasteiger partial charge >= 0.3 is 11.9 Å². The normalized spacial score (nSPS) is 47.0. The van der Waals surface area contributed by atoms with E-state index >= 15 is 0 Å². The van der Waals surface area contributed by atoms with Crippen LogP contribution in [0.1, 0.15) is 12.8 Å². The quantitative estimate of drug-likeness (QED) is 0.134. The lowest BCUT2D eigenvalue weighted by Gasteiger charge is -2.43. The number of carbonyl (C=O) groups excluding carboxylic acids is 1. The fourth-order valence-electron chi connectivity index (χ4n) is 5.35. The fourth-order valence-corrected chi connectivity index (χ4v) is 5.35. The molecule has 0 aromatic heterocycles. The summed E-state index contributed by atoms with van der Waals surface area (Å²) in [6.07, 6.45) is -16.6. The third-order valence-corrected chi connectivity index (χ3v) is 7.50.